The maximum atomic E-state index is 12.0. The predicted octanol–water partition coefficient (Wildman–Crippen LogP) is 3.93. The molecule has 0 heterocycles. The van der Waals surface area contributed by atoms with E-state index >= 15 is 0 Å². The van der Waals surface area contributed by atoms with E-state index in [0.29, 0.717) is 30.2 Å². The van der Waals surface area contributed by atoms with Gasteiger partial charge in [-0.25, -0.2) is 0 Å². The molecular formula is C18H17ClN2O5. The van der Waals surface area contributed by atoms with Gasteiger partial charge in [-0.05, 0) is 42.0 Å². The normalized spacial score (nSPS) is 10.7. The number of halogens is 1. The smallest absolute Gasteiger partial charge is 0.288 e. The Kier molecular flexibility index (Phi) is 7.13. The maximum absolute atomic E-state index is 12.0. The zero-order valence-electron chi connectivity index (χ0n) is 14.0. The summed E-state index contributed by atoms with van der Waals surface area (Å²) in [5.41, 5.74) is 0.886. The van der Waals surface area contributed by atoms with E-state index in [1.54, 1.807) is 37.4 Å². The lowest BCUT2D eigenvalue weighted by molar-refractivity contribution is -0.384. The Labute approximate surface area is 155 Å². The van der Waals surface area contributed by atoms with Crippen LogP contribution in [0.5, 0.6) is 5.75 Å². The summed E-state index contributed by atoms with van der Waals surface area (Å²) >= 11 is 5.75. The third kappa shape index (κ3) is 5.87. The molecule has 0 aliphatic carbocycles. The first-order valence-corrected chi connectivity index (χ1v) is 8.02. The number of rotatable bonds is 8. The summed E-state index contributed by atoms with van der Waals surface area (Å²) in [5.74, 6) is 0.305. The Balaban J connectivity index is 1.95. The maximum Gasteiger partial charge on any atom is 0.288 e. The first-order chi connectivity index (χ1) is 12.5. The summed E-state index contributed by atoms with van der Waals surface area (Å²) in [4.78, 5) is 22.3. The fraction of sp³-hybridized carbons (Fsp3) is 0.167. The fourth-order valence-electron chi connectivity index (χ4n) is 2.01. The van der Waals surface area contributed by atoms with Gasteiger partial charge in [-0.15, -0.1) is 0 Å². The average molecular weight is 377 g/mol. The first kappa shape index (κ1) is 19.4. The molecule has 2 aromatic rings. The van der Waals surface area contributed by atoms with Gasteiger partial charge in [0, 0.05) is 24.9 Å². The van der Waals surface area contributed by atoms with Crippen LogP contribution < -0.4 is 10.1 Å². The second-order valence-corrected chi connectivity index (χ2v) is 5.56. The third-order valence-corrected chi connectivity index (χ3v) is 3.59. The van der Waals surface area contributed by atoms with Gasteiger partial charge in [0.2, 0.25) is 5.91 Å². The van der Waals surface area contributed by atoms with Crippen molar-refractivity contribution >= 4 is 35.0 Å². The van der Waals surface area contributed by atoms with Crippen LogP contribution in [-0.2, 0) is 9.53 Å². The van der Waals surface area contributed by atoms with Crippen LogP contribution in [0.3, 0.4) is 0 Å². The molecule has 0 saturated heterocycles. The molecule has 0 aromatic heterocycles. The van der Waals surface area contributed by atoms with Crippen LogP contribution in [0.1, 0.15) is 5.56 Å². The Morgan fingerprint density at radius 1 is 1.23 bits per heavy atom. The number of nitro groups is 1. The molecule has 0 bridgehead atoms. The number of carbonyl (C=O) groups is 1. The van der Waals surface area contributed by atoms with Gasteiger partial charge >= 0.3 is 0 Å². The SMILES string of the molecule is COCCOc1ccc(NC(=O)/C=C/c2ccc(Cl)c([N+](=O)[O-])c2)cc1. The van der Waals surface area contributed by atoms with Crippen LogP contribution in [0.2, 0.25) is 5.02 Å². The number of nitro benzene ring substituents is 1. The molecule has 7 nitrogen and oxygen atoms in total. The van der Waals surface area contributed by atoms with Crippen LogP contribution in [0.25, 0.3) is 6.08 Å². The van der Waals surface area contributed by atoms with Gasteiger partial charge in [-0.2, -0.15) is 0 Å². The van der Waals surface area contributed by atoms with Crippen LogP contribution in [0.15, 0.2) is 48.5 Å². The molecule has 26 heavy (non-hydrogen) atoms. The number of hydrogen-bond donors (Lipinski definition) is 1. The minimum atomic E-state index is -0.573. The molecule has 8 heteroatoms. The summed E-state index contributed by atoms with van der Waals surface area (Å²) in [7, 11) is 1.59. The van der Waals surface area contributed by atoms with Crippen molar-refractivity contribution in [2.75, 3.05) is 25.6 Å². The number of nitrogens with zero attached hydrogens (tertiary/aromatic N) is 1. The third-order valence-electron chi connectivity index (χ3n) is 3.27. The lowest BCUT2D eigenvalue weighted by Crippen LogP contribution is -2.08. The fourth-order valence-corrected chi connectivity index (χ4v) is 2.19. The van der Waals surface area contributed by atoms with Crippen molar-refractivity contribution in [1.82, 2.24) is 0 Å². The first-order valence-electron chi connectivity index (χ1n) is 7.64. The van der Waals surface area contributed by atoms with E-state index in [9.17, 15) is 14.9 Å². The molecular weight excluding hydrogens is 360 g/mol. The topological polar surface area (TPSA) is 90.7 Å². The number of carbonyl (C=O) groups excluding carboxylic acids is 1. The van der Waals surface area contributed by atoms with E-state index in [1.165, 1.54) is 24.3 Å². The van der Waals surface area contributed by atoms with Gasteiger partial charge in [0.25, 0.3) is 5.69 Å². The molecule has 0 radical (unpaired) electrons. The van der Waals surface area contributed by atoms with Crippen molar-refractivity contribution < 1.29 is 19.2 Å². The highest BCUT2D eigenvalue weighted by Crippen LogP contribution is 2.25. The standard InChI is InChI=1S/C18H17ClN2O5/c1-25-10-11-26-15-6-4-14(5-7-15)20-18(22)9-3-13-2-8-16(19)17(12-13)21(23)24/h2-9,12H,10-11H2,1H3,(H,20,22)/b9-3+. The molecule has 0 aliphatic rings. The Morgan fingerprint density at radius 2 is 1.96 bits per heavy atom. The molecule has 0 spiro atoms. The van der Waals surface area contributed by atoms with E-state index in [1.807, 2.05) is 0 Å². The number of methoxy groups -OCH3 is 1. The largest absolute Gasteiger partial charge is 0.491 e. The molecule has 1 N–H and O–H groups in total. The molecule has 2 rings (SSSR count). The number of nitrogens with one attached hydrogen (secondary N) is 1. The van der Waals surface area contributed by atoms with Crippen molar-refractivity contribution in [3.63, 3.8) is 0 Å². The van der Waals surface area contributed by atoms with Crippen LogP contribution in [0, 0.1) is 10.1 Å². The lowest BCUT2D eigenvalue weighted by atomic mass is 10.2. The summed E-state index contributed by atoms with van der Waals surface area (Å²) in [6.45, 7) is 0.935. The zero-order valence-corrected chi connectivity index (χ0v) is 14.7. The van der Waals surface area contributed by atoms with Gasteiger partial charge in [-0.1, -0.05) is 17.7 Å². The Hall–Kier alpha value is -2.90. The van der Waals surface area contributed by atoms with Crippen LogP contribution in [0.4, 0.5) is 11.4 Å². The van der Waals surface area contributed by atoms with Gasteiger partial charge in [-0.3, -0.25) is 14.9 Å². The summed E-state index contributed by atoms with van der Waals surface area (Å²) < 4.78 is 10.3. The van der Waals surface area contributed by atoms with Gasteiger partial charge < -0.3 is 14.8 Å². The Morgan fingerprint density at radius 3 is 2.62 bits per heavy atom. The highest BCUT2D eigenvalue weighted by Gasteiger charge is 2.11. The molecule has 2 aromatic carbocycles. The van der Waals surface area contributed by atoms with Crippen LogP contribution >= 0.6 is 11.6 Å². The number of ether oxygens (including phenoxy) is 2. The molecule has 1 amide bonds. The highest BCUT2D eigenvalue weighted by atomic mass is 35.5. The van der Waals surface area contributed by atoms with E-state index in [2.05, 4.69) is 5.32 Å². The molecule has 136 valence electrons. The monoisotopic (exact) mass is 376 g/mol. The molecule has 0 saturated carbocycles. The van der Waals surface area contributed by atoms with E-state index in [-0.39, 0.29) is 16.6 Å². The molecule has 0 atom stereocenters. The number of hydrogen-bond acceptors (Lipinski definition) is 5. The molecule has 0 unspecified atom stereocenters. The van der Waals surface area contributed by atoms with Gasteiger partial charge in [0.15, 0.2) is 0 Å². The van der Waals surface area contributed by atoms with Crippen molar-refractivity contribution in [1.29, 1.82) is 0 Å². The molecule has 0 aliphatic heterocycles. The summed E-state index contributed by atoms with van der Waals surface area (Å²) in [5, 5.41) is 13.6. The summed E-state index contributed by atoms with van der Waals surface area (Å²) in [6, 6.07) is 11.2. The number of benzene rings is 2. The van der Waals surface area contributed by atoms with Gasteiger partial charge in [0.1, 0.15) is 17.4 Å². The molecule has 0 fully saturated rings. The lowest BCUT2D eigenvalue weighted by Gasteiger charge is -2.07. The van der Waals surface area contributed by atoms with E-state index < -0.39 is 4.92 Å². The van der Waals surface area contributed by atoms with Crippen molar-refractivity contribution in [2.24, 2.45) is 0 Å². The van der Waals surface area contributed by atoms with Crippen molar-refractivity contribution in [3.8, 4) is 5.75 Å². The van der Waals surface area contributed by atoms with Crippen molar-refractivity contribution in [3.05, 3.63) is 69.2 Å². The minimum absolute atomic E-state index is 0.0457. The average Bonchev–Trinajstić information content (AvgIpc) is 2.62. The van der Waals surface area contributed by atoms with Crippen molar-refractivity contribution in [2.45, 2.75) is 0 Å². The predicted molar refractivity (Wildman–Crippen MR) is 99.6 cm³/mol. The highest BCUT2D eigenvalue weighted by molar-refractivity contribution is 6.32. The summed E-state index contributed by atoms with van der Waals surface area (Å²) in [6.07, 6.45) is 2.76. The second kappa shape index (κ2) is 9.55. The number of anilines is 1. The second-order valence-electron chi connectivity index (χ2n) is 5.16. The number of amides is 1. The Bertz CT molecular complexity index is 806. The van der Waals surface area contributed by atoms with Crippen LogP contribution in [-0.4, -0.2) is 31.2 Å². The van der Waals surface area contributed by atoms with E-state index in [0.717, 1.165) is 0 Å². The zero-order chi connectivity index (χ0) is 18.9. The van der Waals surface area contributed by atoms with Gasteiger partial charge in [0.05, 0.1) is 11.5 Å². The van der Waals surface area contributed by atoms with E-state index in [4.69, 9.17) is 21.1 Å². The quantitative estimate of drug-likeness (QED) is 0.326. The minimum Gasteiger partial charge on any atom is -0.491 e.